The van der Waals surface area contributed by atoms with Crippen molar-refractivity contribution in [2.75, 3.05) is 39.4 Å². The Morgan fingerprint density at radius 2 is 1.39 bits per heavy atom. The molecule has 2 aliphatic rings. The Morgan fingerprint density at radius 3 is 2.03 bits per heavy atom. The number of hydrogen-bond acceptors (Lipinski definition) is 3. The molecule has 0 aliphatic carbocycles. The minimum Gasteiger partial charge on any atom is -0.381 e. The van der Waals surface area contributed by atoms with Crippen molar-refractivity contribution in [1.29, 1.82) is 0 Å². The first kappa shape index (κ1) is 21.6. The average Bonchev–Trinajstić information content (AvgIpc) is 2.85. The summed E-state index contributed by atoms with van der Waals surface area (Å²) in [5.41, 5.74) is 1.86. The molecule has 0 atom stereocenters. The second-order valence-corrected chi connectivity index (χ2v) is 8.57. The maximum atomic E-state index is 13.6. The molecule has 2 aromatic rings. The number of piperazine rings is 1. The first-order chi connectivity index (χ1) is 15.2. The molecule has 2 aromatic carbocycles. The van der Waals surface area contributed by atoms with Crippen LogP contribution in [0.1, 0.15) is 36.8 Å². The van der Waals surface area contributed by atoms with Crippen molar-refractivity contribution in [2.45, 2.75) is 37.5 Å². The standard InChI is InChI=1S/C26H32N2O3/c29-24(13-7-10-22-8-3-1-4-9-22)27-16-18-28(19-17-27)25(30)26(14-20-31-21-15-26)23-11-5-2-6-12-23/h1-6,8-9,11-12H,7,10,13-21H2. The minimum atomic E-state index is -0.499. The van der Waals surface area contributed by atoms with Gasteiger partial charge in [0.25, 0.3) is 0 Å². The van der Waals surface area contributed by atoms with Gasteiger partial charge in [0.1, 0.15) is 0 Å². The highest BCUT2D eigenvalue weighted by molar-refractivity contribution is 5.89. The molecule has 2 heterocycles. The van der Waals surface area contributed by atoms with E-state index in [1.165, 1.54) is 5.56 Å². The molecule has 31 heavy (non-hydrogen) atoms. The largest absolute Gasteiger partial charge is 0.381 e. The van der Waals surface area contributed by atoms with E-state index in [1.54, 1.807) is 0 Å². The topological polar surface area (TPSA) is 49.9 Å². The molecular formula is C26H32N2O3. The number of aryl methyl sites for hydroxylation is 1. The van der Waals surface area contributed by atoms with Gasteiger partial charge in [0.2, 0.25) is 11.8 Å². The number of rotatable bonds is 6. The van der Waals surface area contributed by atoms with Crippen molar-refractivity contribution in [2.24, 2.45) is 0 Å². The monoisotopic (exact) mass is 420 g/mol. The molecule has 2 saturated heterocycles. The Labute approximate surface area is 185 Å². The van der Waals surface area contributed by atoms with Crippen LogP contribution in [0.5, 0.6) is 0 Å². The van der Waals surface area contributed by atoms with Gasteiger partial charge < -0.3 is 14.5 Å². The molecule has 5 heteroatoms. The van der Waals surface area contributed by atoms with Crippen LogP contribution in [-0.4, -0.2) is 61.0 Å². The Balaban J connectivity index is 1.32. The summed E-state index contributed by atoms with van der Waals surface area (Å²) < 4.78 is 5.58. The maximum absolute atomic E-state index is 13.6. The molecule has 0 N–H and O–H groups in total. The van der Waals surface area contributed by atoms with Crippen molar-refractivity contribution in [3.8, 4) is 0 Å². The van der Waals surface area contributed by atoms with Crippen LogP contribution in [-0.2, 0) is 26.2 Å². The van der Waals surface area contributed by atoms with Crippen LogP contribution in [0.3, 0.4) is 0 Å². The first-order valence-electron chi connectivity index (χ1n) is 11.4. The van der Waals surface area contributed by atoms with Crippen molar-refractivity contribution < 1.29 is 14.3 Å². The molecule has 0 spiro atoms. The Hall–Kier alpha value is -2.66. The molecule has 0 bridgehead atoms. The molecule has 164 valence electrons. The molecular weight excluding hydrogens is 388 g/mol. The second-order valence-electron chi connectivity index (χ2n) is 8.57. The third kappa shape index (κ3) is 4.99. The summed E-state index contributed by atoms with van der Waals surface area (Å²) in [6.07, 6.45) is 3.78. The summed E-state index contributed by atoms with van der Waals surface area (Å²) in [5, 5.41) is 0. The van der Waals surface area contributed by atoms with Crippen LogP contribution in [0.4, 0.5) is 0 Å². The van der Waals surface area contributed by atoms with Crippen LogP contribution in [0.25, 0.3) is 0 Å². The predicted octanol–water partition coefficient (Wildman–Crippen LogP) is 3.43. The number of carbonyl (C=O) groups is 2. The summed E-state index contributed by atoms with van der Waals surface area (Å²) >= 11 is 0. The highest BCUT2D eigenvalue weighted by Crippen LogP contribution is 2.37. The van der Waals surface area contributed by atoms with Gasteiger partial charge in [0, 0.05) is 45.8 Å². The Kier molecular flexibility index (Phi) is 7.03. The van der Waals surface area contributed by atoms with E-state index in [0.717, 1.165) is 18.4 Å². The molecule has 4 rings (SSSR count). The normalized spacial score (nSPS) is 18.6. The van der Waals surface area contributed by atoms with Crippen LogP contribution >= 0.6 is 0 Å². The van der Waals surface area contributed by atoms with Crippen molar-refractivity contribution in [1.82, 2.24) is 9.80 Å². The number of nitrogens with zero attached hydrogens (tertiary/aromatic N) is 2. The molecule has 0 unspecified atom stereocenters. The van der Waals surface area contributed by atoms with Crippen LogP contribution in [0.2, 0.25) is 0 Å². The average molecular weight is 421 g/mol. The SMILES string of the molecule is O=C(CCCc1ccccc1)N1CCN(C(=O)C2(c3ccccc3)CCOCC2)CC1. The van der Waals surface area contributed by atoms with E-state index in [0.29, 0.717) is 58.7 Å². The van der Waals surface area contributed by atoms with E-state index in [2.05, 4.69) is 24.3 Å². The lowest BCUT2D eigenvalue weighted by Crippen LogP contribution is -2.56. The smallest absolute Gasteiger partial charge is 0.233 e. The van der Waals surface area contributed by atoms with E-state index < -0.39 is 5.41 Å². The van der Waals surface area contributed by atoms with Gasteiger partial charge in [-0.25, -0.2) is 0 Å². The predicted molar refractivity (Wildman–Crippen MR) is 121 cm³/mol. The molecule has 2 amide bonds. The third-order valence-corrected chi connectivity index (χ3v) is 6.70. The molecule has 5 nitrogen and oxygen atoms in total. The van der Waals surface area contributed by atoms with Gasteiger partial charge in [-0.05, 0) is 36.8 Å². The molecule has 2 fully saturated rings. The number of benzene rings is 2. The van der Waals surface area contributed by atoms with Crippen molar-refractivity contribution in [3.63, 3.8) is 0 Å². The maximum Gasteiger partial charge on any atom is 0.233 e. The number of hydrogen-bond donors (Lipinski definition) is 0. The molecule has 0 radical (unpaired) electrons. The highest BCUT2D eigenvalue weighted by atomic mass is 16.5. The fourth-order valence-corrected chi connectivity index (χ4v) is 4.81. The fraction of sp³-hybridized carbons (Fsp3) is 0.462. The summed E-state index contributed by atoms with van der Waals surface area (Å²) in [6.45, 7) is 3.69. The van der Waals surface area contributed by atoms with Crippen LogP contribution < -0.4 is 0 Å². The second kappa shape index (κ2) is 10.1. The summed E-state index contributed by atoms with van der Waals surface area (Å²) in [7, 11) is 0. The Morgan fingerprint density at radius 1 is 0.806 bits per heavy atom. The van der Waals surface area contributed by atoms with E-state index in [-0.39, 0.29) is 11.8 Å². The van der Waals surface area contributed by atoms with E-state index in [4.69, 9.17) is 4.74 Å². The molecule has 0 aromatic heterocycles. The highest BCUT2D eigenvalue weighted by Gasteiger charge is 2.44. The number of carbonyl (C=O) groups excluding carboxylic acids is 2. The quantitative estimate of drug-likeness (QED) is 0.719. The molecule has 0 saturated carbocycles. The number of ether oxygens (including phenoxy) is 1. The van der Waals surface area contributed by atoms with Gasteiger partial charge in [-0.2, -0.15) is 0 Å². The van der Waals surface area contributed by atoms with E-state index in [1.807, 2.05) is 46.2 Å². The first-order valence-corrected chi connectivity index (χ1v) is 11.4. The van der Waals surface area contributed by atoms with Crippen molar-refractivity contribution >= 4 is 11.8 Å². The lowest BCUT2D eigenvalue weighted by atomic mass is 9.73. The zero-order chi connectivity index (χ0) is 21.5. The zero-order valence-corrected chi connectivity index (χ0v) is 18.2. The van der Waals surface area contributed by atoms with Gasteiger partial charge in [-0.3, -0.25) is 9.59 Å². The third-order valence-electron chi connectivity index (χ3n) is 6.70. The van der Waals surface area contributed by atoms with Crippen LogP contribution in [0.15, 0.2) is 60.7 Å². The van der Waals surface area contributed by atoms with Gasteiger partial charge in [-0.15, -0.1) is 0 Å². The van der Waals surface area contributed by atoms with Crippen LogP contribution in [0, 0.1) is 0 Å². The summed E-state index contributed by atoms with van der Waals surface area (Å²) in [5.74, 6) is 0.394. The van der Waals surface area contributed by atoms with Gasteiger partial charge >= 0.3 is 0 Å². The minimum absolute atomic E-state index is 0.193. The van der Waals surface area contributed by atoms with Gasteiger partial charge in [-0.1, -0.05) is 60.7 Å². The fourth-order valence-electron chi connectivity index (χ4n) is 4.81. The lowest BCUT2D eigenvalue weighted by Gasteiger charge is -2.43. The van der Waals surface area contributed by atoms with E-state index >= 15 is 0 Å². The van der Waals surface area contributed by atoms with Crippen molar-refractivity contribution in [3.05, 3.63) is 71.8 Å². The van der Waals surface area contributed by atoms with E-state index in [9.17, 15) is 9.59 Å². The Bertz CT molecular complexity index is 855. The molecule has 2 aliphatic heterocycles. The number of amides is 2. The lowest BCUT2D eigenvalue weighted by molar-refractivity contribution is -0.146. The summed E-state index contributed by atoms with van der Waals surface area (Å²) in [4.78, 5) is 30.2. The summed E-state index contributed by atoms with van der Waals surface area (Å²) in [6, 6.07) is 20.4. The van der Waals surface area contributed by atoms with Gasteiger partial charge in [0.15, 0.2) is 0 Å². The van der Waals surface area contributed by atoms with Gasteiger partial charge in [0.05, 0.1) is 5.41 Å². The zero-order valence-electron chi connectivity index (χ0n) is 18.2.